The van der Waals surface area contributed by atoms with Crippen LogP contribution < -0.4 is 5.32 Å². The highest BCUT2D eigenvalue weighted by Crippen LogP contribution is 2.29. The Morgan fingerprint density at radius 2 is 1.90 bits per heavy atom. The van der Waals surface area contributed by atoms with Crippen LogP contribution in [0.1, 0.15) is 15.9 Å². The molecule has 0 fully saturated rings. The van der Waals surface area contributed by atoms with Crippen LogP contribution in [0, 0.1) is 12.7 Å². The molecule has 0 aliphatic carbocycles. The molecule has 6 heteroatoms. The summed E-state index contributed by atoms with van der Waals surface area (Å²) in [6.45, 7) is 1.86. The summed E-state index contributed by atoms with van der Waals surface area (Å²) in [4.78, 5) is 12.1. The van der Waals surface area contributed by atoms with E-state index in [0.29, 0.717) is 15.2 Å². The molecule has 20 heavy (non-hydrogen) atoms. The minimum atomic E-state index is -0.567. The first-order chi connectivity index (χ1) is 9.38. The van der Waals surface area contributed by atoms with Crippen LogP contribution in [0.5, 0.6) is 0 Å². The molecule has 2 aromatic rings. The van der Waals surface area contributed by atoms with E-state index in [1.807, 2.05) is 6.92 Å². The predicted molar refractivity (Wildman–Crippen MR) is 83.3 cm³/mol. The lowest BCUT2D eigenvalue weighted by molar-refractivity contribution is 0.102. The number of carbonyl (C=O) groups excluding carboxylic acids is 1. The Balaban J connectivity index is 2.27. The van der Waals surface area contributed by atoms with Crippen molar-refractivity contribution in [1.82, 2.24) is 0 Å². The van der Waals surface area contributed by atoms with Gasteiger partial charge in [0.2, 0.25) is 0 Å². The maximum absolute atomic E-state index is 13.1. The molecule has 0 unspecified atom stereocenters. The molecule has 0 bridgehead atoms. The van der Waals surface area contributed by atoms with E-state index in [2.05, 4.69) is 21.2 Å². The van der Waals surface area contributed by atoms with Gasteiger partial charge in [0.25, 0.3) is 5.91 Å². The zero-order chi connectivity index (χ0) is 14.9. The monoisotopic (exact) mass is 375 g/mol. The van der Waals surface area contributed by atoms with Gasteiger partial charge in [-0.1, -0.05) is 23.2 Å². The summed E-state index contributed by atoms with van der Waals surface area (Å²) in [5, 5.41) is 3.13. The van der Waals surface area contributed by atoms with E-state index in [-0.39, 0.29) is 10.6 Å². The van der Waals surface area contributed by atoms with Gasteiger partial charge >= 0.3 is 0 Å². The second-order valence-electron chi connectivity index (χ2n) is 4.16. The molecule has 0 aliphatic heterocycles. The Hall–Kier alpha value is -1.10. The molecular formula is C14H9BrCl2FNO. The van der Waals surface area contributed by atoms with Crippen LogP contribution in [-0.2, 0) is 0 Å². The second kappa shape index (κ2) is 6.12. The average Bonchev–Trinajstić information content (AvgIpc) is 2.39. The minimum absolute atomic E-state index is 0.0985. The summed E-state index contributed by atoms with van der Waals surface area (Å²) < 4.78 is 13.8. The van der Waals surface area contributed by atoms with E-state index >= 15 is 0 Å². The largest absolute Gasteiger partial charge is 0.321 e. The molecule has 0 saturated heterocycles. The van der Waals surface area contributed by atoms with Gasteiger partial charge in [-0.2, -0.15) is 0 Å². The zero-order valence-electron chi connectivity index (χ0n) is 10.3. The lowest BCUT2D eigenvalue weighted by Crippen LogP contribution is -2.12. The quantitative estimate of drug-likeness (QED) is 0.741. The summed E-state index contributed by atoms with van der Waals surface area (Å²) in [6, 6.07) is 7.23. The Morgan fingerprint density at radius 3 is 2.55 bits per heavy atom. The Kier molecular flexibility index (Phi) is 4.68. The molecule has 2 nitrogen and oxygen atoms in total. The van der Waals surface area contributed by atoms with Gasteiger partial charge in [0.05, 0.1) is 10.7 Å². The number of carbonyl (C=O) groups is 1. The lowest BCUT2D eigenvalue weighted by atomic mass is 10.2. The second-order valence-corrected chi connectivity index (χ2v) is 5.83. The fourth-order valence-corrected chi connectivity index (χ4v) is 2.48. The Bertz CT molecular complexity index is 691. The van der Waals surface area contributed by atoms with Crippen LogP contribution in [0.4, 0.5) is 10.1 Å². The Morgan fingerprint density at radius 1 is 1.20 bits per heavy atom. The standard InChI is InChI=1S/C14H9BrCl2FNO/c1-7-4-9(15)13(6-10(7)16)19-14(20)8-2-3-12(18)11(17)5-8/h2-6H,1H3,(H,19,20). The molecule has 0 saturated carbocycles. The van der Waals surface area contributed by atoms with Gasteiger partial charge in [-0.3, -0.25) is 4.79 Å². The van der Waals surface area contributed by atoms with E-state index in [4.69, 9.17) is 23.2 Å². The molecule has 2 rings (SSSR count). The van der Waals surface area contributed by atoms with Gasteiger partial charge in [-0.05, 0) is 58.7 Å². The van der Waals surface area contributed by atoms with Crippen LogP contribution in [0.2, 0.25) is 10.0 Å². The van der Waals surface area contributed by atoms with E-state index in [1.54, 1.807) is 12.1 Å². The molecule has 0 radical (unpaired) electrons. The third kappa shape index (κ3) is 3.32. The predicted octanol–water partition coefficient (Wildman–Crippen LogP) is 5.46. The Labute approximate surface area is 134 Å². The first-order valence-corrected chi connectivity index (χ1v) is 7.15. The number of nitrogens with one attached hydrogen (secondary N) is 1. The summed E-state index contributed by atoms with van der Waals surface area (Å²) in [6.07, 6.45) is 0. The lowest BCUT2D eigenvalue weighted by Gasteiger charge is -2.10. The normalized spacial score (nSPS) is 10.4. The average molecular weight is 377 g/mol. The fraction of sp³-hybridized carbons (Fsp3) is 0.0714. The van der Waals surface area contributed by atoms with Crippen molar-refractivity contribution < 1.29 is 9.18 Å². The molecule has 0 spiro atoms. The van der Waals surface area contributed by atoms with E-state index in [9.17, 15) is 9.18 Å². The van der Waals surface area contributed by atoms with Crippen LogP contribution >= 0.6 is 39.1 Å². The molecule has 0 heterocycles. The van der Waals surface area contributed by atoms with Gasteiger partial charge in [-0.25, -0.2) is 4.39 Å². The maximum Gasteiger partial charge on any atom is 0.255 e. The third-order valence-electron chi connectivity index (χ3n) is 2.68. The van der Waals surface area contributed by atoms with Crippen molar-refractivity contribution in [1.29, 1.82) is 0 Å². The highest BCUT2D eigenvalue weighted by Gasteiger charge is 2.12. The minimum Gasteiger partial charge on any atom is -0.321 e. The highest BCUT2D eigenvalue weighted by molar-refractivity contribution is 9.10. The van der Waals surface area contributed by atoms with Crippen molar-refractivity contribution in [2.75, 3.05) is 5.32 Å². The number of hydrogen-bond donors (Lipinski definition) is 1. The van der Waals surface area contributed by atoms with Gasteiger partial charge in [0.1, 0.15) is 5.82 Å². The number of hydrogen-bond acceptors (Lipinski definition) is 1. The van der Waals surface area contributed by atoms with Gasteiger partial charge in [0, 0.05) is 15.1 Å². The highest BCUT2D eigenvalue weighted by atomic mass is 79.9. The van der Waals surface area contributed by atoms with Gasteiger partial charge in [-0.15, -0.1) is 0 Å². The van der Waals surface area contributed by atoms with Crippen LogP contribution in [0.3, 0.4) is 0 Å². The molecule has 2 aromatic carbocycles. The van der Waals surface area contributed by atoms with Crippen molar-refractivity contribution in [3.8, 4) is 0 Å². The first-order valence-electron chi connectivity index (χ1n) is 5.60. The summed E-state index contributed by atoms with van der Waals surface area (Å²) in [5.74, 6) is -0.963. The summed E-state index contributed by atoms with van der Waals surface area (Å²) in [7, 11) is 0. The zero-order valence-corrected chi connectivity index (χ0v) is 13.4. The van der Waals surface area contributed by atoms with Crippen molar-refractivity contribution in [3.05, 3.63) is 61.8 Å². The summed E-state index contributed by atoms with van der Waals surface area (Å²) >= 11 is 15.0. The molecule has 0 aliphatic rings. The first kappa shape index (κ1) is 15.3. The van der Waals surface area contributed by atoms with E-state index in [1.165, 1.54) is 12.1 Å². The molecule has 104 valence electrons. The number of anilines is 1. The third-order valence-corrected chi connectivity index (χ3v) is 4.03. The van der Waals surface area contributed by atoms with Crippen molar-refractivity contribution in [2.24, 2.45) is 0 Å². The van der Waals surface area contributed by atoms with E-state index < -0.39 is 11.7 Å². The van der Waals surface area contributed by atoms with Crippen molar-refractivity contribution in [2.45, 2.75) is 6.92 Å². The number of rotatable bonds is 2. The van der Waals surface area contributed by atoms with Crippen LogP contribution in [-0.4, -0.2) is 5.91 Å². The van der Waals surface area contributed by atoms with Crippen LogP contribution in [0.25, 0.3) is 0 Å². The smallest absolute Gasteiger partial charge is 0.255 e. The van der Waals surface area contributed by atoms with E-state index in [0.717, 1.165) is 11.6 Å². The summed E-state index contributed by atoms with van der Waals surface area (Å²) in [5.41, 5.74) is 1.69. The molecular weight excluding hydrogens is 368 g/mol. The SMILES string of the molecule is Cc1cc(Br)c(NC(=O)c2ccc(F)c(Cl)c2)cc1Cl. The fourth-order valence-electron chi connectivity index (χ4n) is 1.57. The molecule has 0 aromatic heterocycles. The van der Waals surface area contributed by atoms with Gasteiger partial charge in [0.15, 0.2) is 0 Å². The van der Waals surface area contributed by atoms with Crippen LogP contribution in [0.15, 0.2) is 34.8 Å². The topological polar surface area (TPSA) is 29.1 Å². The van der Waals surface area contributed by atoms with Gasteiger partial charge < -0.3 is 5.32 Å². The number of benzene rings is 2. The van der Waals surface area contributed by atoms with Crippen molar-refractivity contribution in [3.63, 3.8) is 0 Å². The maximum atomic E-state index is 13.1. The number of aryl methyl sites for hydroxylation is 1. The number of halogens is 4. The molecule has 1 amide bonds. The number of amides is 1. The molecule has 1 N–H and O–H groups in total. The van der Waals surface area contributed by atoms with Crippen molar-refractivity contribution >= 4 is 50.7 Å². The molecule has 0 atom stereocenters.